The van der Waals surface area contributed by atoms with E-state index in [9.17, 15) is 18.0 Å². The van der Waals surface area contributed by atoms with Crippen molar-refractivity contribution in [3.05, 3.63) is 29.8 Å². The maximum atomic E-state index is 12.8. The monoisotopic (exact) mass is 305 g/mol. The van der Waals surface area contributed by atoms with Crippen molar-refractivity contribution in [1.82, 2.24) is 5.32 Å². The van der Waals surface area contributed by atoms with Gasteiger partial charge in [-0.2, -0.15) is 13.2 Å². The number of hydrogen-bond donors (Lipinski definition) is 2. The zero-order chi connectivity index (χ0) is 16.3. The van der Waals surface area contributed by atoms with Crippen LogP contribution in [0.15, 0.2) is 24.3 Å². The zero-order valence-electron chi connectivity index (χ0n) is 12.0. The number of carbonyl (C=O) groups is 1. The quantitative estimate of drug-likeness (QED) is 0.878. The van der Waals surface area contributed by atoms with Gasteiger partial charge >= 0.3 is 6.18 Å². The van der Waals surface area contributed by atoms with Gasteiger partial charge in [0, 0.05) is 0 Å². The second-order valence-corrected chi connectivity index (χ2v) is 5.29. The Kier molecular flexibility index (Phi) is 5.22. The van der Waals surface area contributed by atoms with Gasteiger partial charge in [0.2, 0.25) is 0 Å². The molecule has 0 aliphatic rings. The highest BCUT2D eigenvalue weighted by Crippen LogP contribution is 2.36. The number of halogens is 3. The van der Waals surface area contributed by atoms with Gasteiger partial charge in [-0.05, 0) is 32.9 Å². The smallest absolute Gasteiger partial charge is 0.419 e. The molecule has 1 unspecified atom stereocenters. The van der Waals surface area contributed by atoms with Crippen LogP contribution in [0, 0.1) is 0 Å². The SMILES string of the molecule is CC(Oc1ccccc1C(F)(F)F)C(=O)NC(C)(C)CO. The molecular formula is C14H18F3NO3. The number of carbonyl (C=O) groups excluding carboxylic acids is 1. The number of amides is 1. The summed E-state index contributed by atoms with van der Waals surface area (Å²) in [7, 11) is 0. The molecule has 0 radical (unpaired) electrons. The third-order valence-corrected chi connectivity index (χ3v) is 2.72. The van der Waals surface area contributed by atoms with E-state index in [1.807, 2.05) is 0 Å². The van der Waals surface area contributed by atoms with Crippen LogP contribution in [-0.2, 0) is 11.0 Å². The van der Waals surface area contributed by atoms with E-state index < -0.39 is 35.0 Å². The normalized spacial score (nSPS) is 13.7. The van der Waals surface area contributed by atoms with Crippen LogP contribution in [0.3, 0.4) is 0 Å². The van der Waals surface area contributed by atoms with Crippen LogP contribution in [0.2, 0.25) is 0 Å². The molecule has 1 atom stereocenters. The third-order valence-electron chi connectivity index (χ3n) is 2.72. The lowest BCUT2D eigenvalue weighted by molar-refractivity contribution is -0.141. The maximum Gasteiger partial charge on any atom is 0.419 e. The summed E-state index contributed by atoms with van der Waals surface area (Å²) in [6.07, 6.45) is -5.68. The van der Waals surface area contributed by atoms with Crippen LogP contribution < -0.4 is 10.1 Å². The number of hydrogen-bond acceptors (Lipinski definition) is 3. The Morgan fingerprint density at radius 3 is 2.43 bits per heavy atom. The Balaban J connectivity index is 2.85. The van der Waals surface area contributed by atoms with Crippen molar-refractivity contribution in [3.63, 3.8) is 0 Å². The zero-order valence-corrected chi connectivity index (χ0v) is 12.0. The first kappa shape index (κ1) is 17.3. The van der Waals surface area contributed by atoms with Crippen LogP contribution in [0.25, 0.3) is 0 Å². The molecule has 118 valence electrons. The van der Waals surface area contributed by atoms with Crippen LogP contribution in [0.4, 0.5) is 13.2 Å². The van der Waals surface area contributed by atoms with Gasteiger partial charge < -0.3 is 15.2 Å². The fourth-order valence-electron chi connectivity index (χ4n) is 1.52. The summed E-state index contributed by atoms with van der Waals surface area (Å²) < 4.78 is 43.5. The molecule has 1 aromatic rings. The summed E-state index contributed by atoms with van der Waals surface area (Å²) in [5.74, 6) is -1.01. The molecule has 1 amide bonds. The third kappa shape index (κ3) is 4.93. The van der Waals surface area contributed by atoms with E-state index in [1.165, 1.54) is 19.1 Å². The second kappa shape index (κ2) is 6.34. The van der Waals surface area contributed by atoms with E-state index >= 15 is 0 Å². The summed E-state index contributed by atoms with van der Waals surface area (Å²) in [6.45, 7) is 4.21. The van der Waals surface area contributed by atoms with E-state index in [0.717, 1.165) is 12.1 Å². The summed E-state index contributed by atoms with van der Waals surface area (Å²) in [5, 5.41) is 11.5. The highest BCUT2D eigenvalue weighted by atomic mass is 19.4. The average molecular weight is 305 g/mol. The first-order chi connectivity index (χ1) is 9.57. The van der Waals surface area contributed by atoms with Gasteiger partial charge in [0.1, 0.15) is 5.75 Å². The van der Waals surface area contributed by atoms with Crippen LogP contribution in [0.1, 0.15) is 26.3 Å². The molecule has 0 aromatic heterocycles. The minimum absolute atomic E-state index is 0.301. The number of ether oxygens (including phenoxy) is 1. The first-order valence-electron chi connectivity index (χ1n) is 6.32. The molecule has 4 nitrogen and oxygen atoms in total. The largest absolute Gasteiger partial charge is 0.480 e. The fourth-order valence-corrected chi connectivity index (χ4v) is 1.52. The predicted molar refractivity (Wildman–Crippen MR) is 70.8 cm³/mol. The minimum Gasteiger partial charge on any atom is -0.480 e. The van der Waals surface area contributed by atoms with Crippen LogP contribution in [-0.4, -0.2) is 29.3 Å². The Labute approximate surface area is 120 Å². The maximum absolute atomic E-state index is 12.8. The molecule has 0 saturated carbocycles. The second-order valence-electron chi connectivity index (χ2n) is 5.29. The number of aliphatic hydroxyl groups is 1. The molecule has 21 heavy (non-hydrogen) atoms. The number of rotatable bonds is 5. The van der Waals surface area contributed by atoms with Crippen molar-refractivity contribution >= 4 is 5.91 Å². The molecule has 7 heteroatoms. The van der Waals surface area contributed by atoms with Crippen LogP contribution >= 0.6 is 0 Å². The van der Waals surface area contributed by atoms with Gasteiger partial charge in [0.15, 0.2) is 6.10 Å². The molecular weight excluding hydrogens is 287 g/mol. The predicted octanol–water partition coefficient (Wildman–Crippen LogP) is 2.36. The molecule has 0 bridgehead atoms. The number of alkyl halides is 3. The van der Waals surface area contributed by atoms with Gasteiger partial charge in [-0.1, -0.05) is 12.1 Å². The van der Waals surface area contributed by atoms with Gasteiger partial charge in [-0.25, -0.2) is 0 Å². The molecule has 0 fully saturated rings. The standard InChI is InChI=1S/C14H18F3NO3/c1-9(12(20)18-13(2,3)8-19)21-11-7-5-4-6-10(11)14(15,16)17/h4-7,9,19H,8H2,1-3H3,(H,18,20). The van der Waals surface area contributed by atoms with Gasteiger partial charge in [-0.3, -0.25) is 4.79 Å². The Bertz CT molecular complexity index is 500. The average Bonchev–Trinajstić information content (AvgIpc) is 2.37. The minimum atomic E-state index is -4.56. The number of aliphatic hydroxyl groups excluding tert-OH is 1. The van der Waals surface area contributed by atoms with E-state index in [1.54, 1.807) is 13.8 Å². The molecule has 1 aromatic carbocycles. The summed E-state index contributed by atoms with van der Waals surface area (Å²) in [4.78, 5) is 11.9. The van der Waals surface area contributed by atoms with Crippen molar-refractivity contribution in [2.75, 3.05) is 6.61 Å². The Hall–Kier alpha value is -1.76. The van der Waals surface area contributed by atoms with E-state index in [4.69, 9.17) is 9.84 Å². The highest BCUT2D eigenvalue weighted by Gasteiger charge is 2.35. The van der Waals surface area contributed by atoms with E-state index in [-0.39, 0.29) is 6.61 Å². The van der Waals surface area contributed by atoms with Crippen molar-refractivity contribution < 1.29 is 27.8 Å². The summed E-state index contributed by atoms with van der Waals surface area (Å²) in [5.41, 5.74) is -1.82. The highest BCUT2D eigenvalue weighted by molar-refractivity contribution is 5.81. The lowest BCUT2D eigenvalue weighted by Crippen LogP contribution is -2.50. The molecule has 0 heterocycles. The molecule has 0 saturated heterocycles. The van der Waals surface area contributed by atoms with Crippen molar-refractivity contribution in [2.45, 2.75) is 38.6 Å². The number of nitrogens with one attached hydrogen (secondary N) is 1. The Morgan fingerprint density at radius 1 is 1.33 bits per heavy atom. The first-order valence-corrected chi connectivity index (χ1v) is 6.32. The molecule has 1 rings (SSSR count). The molecule has 0 aliphatic carbocycles. The van der Waals surface area contributed by atoms with E-state index in [2.05, 4.69) is 5.32 Å². The summed E-state index contributed by atoms with van der Waals surface area (Å²) in [6, 6.07) is 4.68. The van der Waals surface area contributed by atoms with Crippen LogP contribution in [0.5, 0.6) is 5.75 Å². The van der Waals surface area contributed by atoms with Crippen molar-refractivity contribution in [2.24, 2.45) is 0 Å². The number of para-hydroxylation sites is 1. The lowest BCUT2D eigenvalue weighted by Gasteiger charge is -2.26. The Morgan fingerprint density at radius 2 is 1.90 bits per heavy atom. The summed E-state index contributed by atoms with van der Waals surface area (Å²) >= 11 is 0. The molecule has 2 N–H and O–H groups in total. The van der Waals surface area contributed by atoms with Gasteiger partial charge in [0.05, 0.1) is 17.7 Å². The topological polar surface area (TPSA) is 58.6 Å². The lowest BCUT2D eigenvalue weighted by atomic mass is 10.1. The number of benzene rings is 1. The fraction of sp³-hybridized carbons (Fsp3) is 0.500. The molecule has 0 spiro atoms. The van der Waals surface area contributed by atoms with E-state index in [0.29, 0.717) is 0 Å². The van der Waals surface area contributed by atoms with Crippen molar-refractivity contribution in [3.8, 4) is 5.75 Å². The van der Waals surface area contributed by atoms with Gasteiger partial charge in [-0.15, -0.1) is 0 Å². The molecule has 0 aliphatic heterocycles. The van der Waals surface area contributed by atoms with Gasteiger partial charge in [0.25, 0.3) is 5.91 Å². The van der Waals surface area contributed by atoms with Crippen molar-refractivity contribution in [1.29, 1.82) is 0 Å².